The van der Waals surface area contributed by atoms with Gasteiger partial charge in [-0.15, -0.1) is 0 Å². The zero-order chi connectivity index (χ0) is 28.7. The molecule has 2 amide bonds. The third-order valence-electron chi connectivity index (χ3n) is 6.76. The molecule has 1 fully saturated rings. The summed E-state index contributed by atoms with van der Waals surface area (Å²) in [5.74, 6) is -0.149. The number of carbonyl (C=O) groups excluding carboxylic acids is 2. The first kappa shape index (κ1) is 30.8. The number of hydrogen-bond acceptors (Lipinski definition) is 6. The van der Waals surface area contributed by atoms with Crippen molar-refractivity contribution in [1.29, 1.82) is 0 Å². The Morgan fingerprint density at radius 3 is 2.31 bits per heavy atom. The fourth-order valence-electron chi connectivity index (χ4n) is 4.71. The highest BCUT2D eigenvalue weighted by Crippen LogP contribution is 2.34. The van der Waals surface area contributed by atoms with E-state index >= 15 is 0 Å². The Morgan fingerprint density at radius 2 is 1.74 bits per heavy atom. The van der Waals surface area contributed by atoms with Gasteiger partial charge in [0.05, 0.1) is 36.2 Å². The number of anilines is 1. The van der Waals surface area contributed by atoms with Crippen molar-refractivity contribution in [2.24, 2.45) is 0 Å². The highest BCUT2D eigenvalue weighted by molar-refractivity contribution is 7.92. The van der Waals surface area contributed by atoms with Crippen LogP contribution in [0.1, 0.15) is 44.6 Å². The minimum absolute atomic E-state index is 0.0314. The molecule has 214 valence electrons. The van der Waals surface area contributed by atoms with Gasteiger partial charge >= 0.3 is 0 Å². The lowest BCUT2D eigenvalue weighted by molar-refractivity contribution is -0.140. The standard InChI is InChI=1S/C27H35Cl2N3O6S/c1-5-23(27(34)30-19-8-6-7-9-19)31(16-18-10-12-21(28)22(29)14-18)26(33)17-32(39(4,35)36)24-13-11-20(37-2)15-25(24)38-3/h10-15,19,23H,5-9,16-17H2,1-4H3,(H,30,34)/t23-/m0/s1. The van der Waals surface area contributed by atoms with Crippen LogP contribution in [-0.4, -0.2) is 64.2 Å². The predicted molar refractivity (Wildman–Crippen MR) is 153 cm³/mol. The van der Waals surface area contributed by atoms with Crippen molar-refractivity contribution in [3.8, 4) is 11.5 Å². The fraction of sp³-hybridized carbons (Fsp3) is 0.481. The van der Waals surface area contributed by atoms with Crippen LogP contribution in [0.25, 0.3) is 0 Å². The summed E-state index contributed by atoms with van der Waals surface area (Å²) in [7, 11) is -1.05. The van der Waals surface area contributed by atoms with Gasteiger partial charge in [0.1, 0.15) is 24.1 Å². The van der Waals surface area contributed by atoms with Crippen LogP contribution in [0, 0.1) is 0 Å². The molecule has 0 aromatic heterocycles. The number of carbonyl (C=O) groups is 2. The number of nitrogens with one attached hydrogen (secondary N) is 1. The molecule has 1 aliphatic rings. The lowest BCUT2D eigenvalue weighted by Gasteiger charge is -2.33. The van der Waals surface area contributed by atoms with Crippen molar-refractivity contribution in [3.63, 3.8) is 0 Å². The zero-order valence-electron chi connectivity index (χ0n) is 22.6. The summed E-state index contributed by atoms with van der Waals surface area (Å²) in [5, 5.41) is 3.74. The Morgan fingerprint density at radius 1 is 1.05 bits per heavy atom. The molecule has 0 aliphatic heterocycles. The van der Waals surface area contributed by atoms with Crippen LogP contribution < -0.4 is 19.1 Å². The molecule has 0 saturated heterocycles. The second-order valence-electron chi connectivity index (χ2n) is 9.49. The third kappa shape index (κ3) is 7.93. The molecule has 0 heterocycles. The van der Waals surface area contributed by atoms with E-state index in [0.29, 0.717) is 27.8 Å². The number of amides is 2. The van der Waals surface area contributed by atoms with Gasteiger partial charge in [0.15, 0.2) is 0 Å². The Hall–Kier alpha value is -2.69. The summed E-state index contributed by atoms with van der Waals surface area (Å²) in [6, 6.07) is 8.83. The summed E-state index contributed by atoms with van der Waals surface area (Å²) < 4.78 is 37.4. The Bertz CT molecular complexity index is 1280. The van der Waals surface area contributed by atoms with Gasteiger partial charge in [-0.05, 0) is 49.1 Å². The van der Waals surface area contributed by atoms with Crippen molar-refractivity contribution in [2.75, 3.05) is 31.3 Å². The lowest BCUT2D eigenvalue weighted by atomic mass is 10.1. The molecule has 0 spiro atoms. The molecule has 2 aromatic rings. The van der Waals surface area contributed by atoms with Crippen molar-refractivity contribution in [3.05, 3.63) is 52.0 Å². The van der Waals surface area contributed by atoms with Crippen LogP contribution in [-0.2, 0) is 26.2 Å². The number of nitrogens with zero attached hydrogens (tertiary/aromatic N) is 2. The summed E-state index contributed by atoms with van der Waals surface area (Å²) in [5.41, 5.74) is 0.824. The van der Waals surface area contributed by atoms with E-state index in [1.165, 1.54) is 31.3 Å². The average Bonchev–Trinajstić information content (AvgIpc) is 3.41. The number of hydrogen-bond donors (Lipinski definition) is 1. The number of rotatable bonds is 12. The molecule has 0 bridgehead atoms. The van der Waals surface area contributed by atoms with E-state index in [4.69, 9.17) is 32.7 Å². The minimum atomic E-state index is -3.93. The van der Waals surface area contributed by atoms with Crippen LogP contribution >= 0.6 is 23.2 Å². The molecule has 39 heavy (non-hydrogen) atoms. The average molecular weight is 601 g/mol. The van der Waals surface area contributed by atoms with E-state index in [0.717, 1.165) is 36.2 Å². The lowest BCUT2D eigenvalue weighted by Crippen LogP contribution is -2.53. The molecule has 0 unspecified atom stereocenters. The maximum Gasteiger partial charge on any atom is 0.244 e. The summed E-state index contributed by atoms with van der Waals surface area (Å²) >= 11 is 12.3. The number of benzene rings is 2. The highest BCUT2D eigenvalue weighted by atomic mass is 35.5. The first-order valence-electron chi connectivity index (χ1n) is 12.7. The van der Waals surface area contributed by atoms with Crippen LogP contribution in [0.4, 0.5) is 5.69 Å². The van der Waals surface area contributed by atoms with Crippen LogP contribution in [0.2, 0.25) is 10.0 Å². The van der Waals surface area contributed by atoms with Crippen molar-refractivity contribution in [2.45, 2.75) is 57.7 Å². The van der Waals surface area contributed by atoms with E-state index in [1.54, 1.807) is 24.3 Å². The normalized spacial score (nSPS) is 14.5. The molecule has 1 N–H and O–H groups in total. The number of ether oxygens (including phenoxy) is 2. The summed E-state index contributed by atoms with van der Waals surface area (Å²) in [6.45, 7) is 1.30. The highest BCUT2D eigenvalue weighted by Gasteiger charge is 2.33. The molecular weight excluding hydrogens is 565 g/mol. The third-order valence-corrected chi connectivity index (χ3v) is 8.62. The zero-order valence-corrected chi connectivity index (χ0v) is 24.9. The van der Waals surface area contributed by atoms with Gasteiger partial charge in [-0.3, -0.25) is 13.9 Å². The maximum absolute atomic E-state index is 13.9. The van der Waals surface area contributed by atoms with Crippen molar-refractivity contribution >= 4 is 50.7 Å². The van der Waals surface area contributed by atoms with Crippen molar-refractivity contribution in [1.82, 2.24) is 10.2 Å². The second-order valence-corrected chi connectivity index (χ2v) is 12.2. The molecule has 12 heteroatoms. The fourth-order valence-corrected chi connectivity index (χ4v) is 5.88. The van der Waals surface area contributed by atoms with Crippen LogP contribution in [0.3, 0.4) is 0 Å². The molecule has 0 radical (unpaired) electrons. The Labute approximate surface area is 240 Å². The molecule has 2 aromatic carbocycles. The molecular formula is C27H35Cl2N3O6S. The minimum Gasteiger partial charge on any atom is -0.497 e. The molecule has 1 atom stereocenters. The number of halogens is 2. The van der Waals surface area contributed by atoms with Gasteiger partial charge in [-0.2, -0.15) is 0 Å². The SMILES string of the molecule is CC[C@@H](C(=O)NC1CCCC1)N(Cc1ccc(Cl)c(Cl)c1)C(=O)CN(c1ccc(OC)cc1OC)S(C)(=O)=O. The second kappa shape index (κ2) is 13.6. The van der Waals surface area contributed by atoms with Gasteiger partial charge in [0.25, 0.3) is 0 Å². The quantitative estimate of drug-likeness (QED) is 0.381. The first-order valence-corrected chi connectivity index (χ1v) is 15.3. The largest absolute Gasteiger partial charge is 0.497 e. The Kier molecular flexibility index (Phi) is 10.7. The van der Waals surface area contributed by atoms with Gasteiger partial charge in [0.2, 0.25) is 21.8 Å². The van der Waals surface area contributed by atoms with E-state index in [2.05, 4.69) is 5.32 Å². The summed E-state index contributed by atoms with van der Waals surface area (Å²) in [4.78, 5) is 28.7. The van der Waals surface area contributed by atoms with Crippen LogP contribution in [0.15, 0.2) is 36.4 Å². The molecule has 9 nitrogen and oxygen atoms in total. The Balaban J connectivity index is 1.98. The predicted octanol–water partition coefficient (Wildman–Crippen LogP) is 4.64. The summed E-state index contributed by atoms with van der Waals surface area (Å²) in [6.07, 6.45) is 5.21. The van der Waals surface area contributed by atoms with E-state index in [-0.39, 0.29) is 29.9 Å². The maximum atomic E-state index is 13.9. The van der Waals surface area contributed by atoms with E-state index in [1.807, 2.05) is 6.92 Å². The topological polar surface area (TPSA) is 105 Å². The molecule has 1 saturated carbocycles. The van der Waals surface area contributed by atoms with E-state index in [9.17, 15) is 18.0 Å². The van der Waals surface area contributed by atoms with Gasteiger partial charge in [0, 0.05) is 18.7 Å². The van der Waals surface area contributed by atoms with Gasteiger partial charge in [-0.1, -0.05) is 49.0 Å². The number of sulfonamides is 1. The number of methoxy groups -OCH3 is 2. The molecule has 1 aliphatic carbocycles. The molecule has 3 rings (SSSR count). The van der Waals surface area contributed by atoms with Crippen molar-refractivity contribution < 1.29 is 27.5 Å². The first-order chi connectivity index (χ1) is 18.5. The smallest absolute Gasteiger partial charge is 0.244 e. The van der Waals surface area contributed by atoms with E-state index < -0.39 is 28.5 Å². The van der Waals surface area contributed by atoms with Crippen LogP contribution in [0.5, 0.6) is 11.5 Å². The van der Waals surface area contributed by atoms with Gasteiger partial charge < -0.3 is 19.7 Å². The monoisotopic (exact) mass is 599 g/mol. The van der Waals surface area contributed by atoms with Gasteiger partial charge in [-0.25, -0.2) is 8.42 Å².